The molecule has 1 fully saturated rings. The van der Waals surface area contributed by atoms with Gasteiger partial charge in [0, 0.05) is 11.6 Å². The van der Waals surface area contributed by atoms with Crippen LogP contribution in [0.25, 0.3) is 11.0 Å². The van der Waals surface area contributed by atoms with Gasteiger partial charge in [0.25, 0.3) is 0 Å². The summed E-state index contributed by atoms with van der Waals surface area (Å²) in [7, 11) is 0. The molecule has 0 atom stereocenters. The standard InChI is InChI=1S/C11H10ClN3O/c12-11-14-8-4-3-7(5-9(8)15-11)13-10(16)6-1-2-6/h3-6H,1-2H2,(H,13,16)(H,14,15). The third-order valence-corrected chi connectivity index (χ3v) is 2.85. The molecule has 3 rings (SSSR count). The van der Waals surface area contributed by atoms with Crippen LogP contribution < -0.4 is 5.32 Å². The fourth-order valence-corrected chi connectivity index (χ4v) is 1.84. The number of halogens is 1. The van der Waals surface area contributed by atoms with Gasteiger partial charge in [0.2, 0.25) is 11.2 Å². The van der Waals surface area contributed by atoms with Crippen molar-refractivity contribution < 1.29 is 4.79 Å². The molecule has 1 aromatic heterocycles. The van der Waals surface area contributed by atoms with E-state index in [1.165, 1.54) is 0 Å². The van der Waals surface area contributed by atoms with E-state index in [-0.39, 0.29) is 11.8 Å². The van der Waals surface area contributed by atoms with E-state index in [2.05, 4.69) is 15.3 Å². The molecule has 2 aromatic rings. The number of aromatic nitrogens is 2. The minimum Gasteiger partial charge on any atom is -0.329 e. The lowest BCUT2D eigenvalue weighted by atomic mass is 10.2. The van der Waals surface area contributed by atoms with Gasteiger partial charge in [-0.1, -0.05) is 0 Å². The summed E-state index contributed by atoms with van der Waals surface area (Å²) in [6, 6.07) is 5.51. The molecule has 2 N–H and O–H groups in total. The summed E-state index contributed by atoms with van der Waals surface area (Å²) in [5, 5.41) is 3.24. The van der Waals surface area contributed by atoms with Crippen molar-refractivity contribution in [2.75, 3.05) is 5.32 Å². The molecule has 1 heterocycles. The number of amides is 1. The molecule has 0 spiro atoms. The molecule has 1 saturated carbocycles. The maximum absolute atomic E-state index is 11.6. The predicted octanol–water partition coefficient (Wildman–Crippen LogP) is 2.56. The number of imidazole rings is 1. The quantitative estimate of drug-likeness (QED) is 0.841. The summed E-state index contributed by atoms with van der Waals surface area (Å²) in [6.45, 7) is 0. The average molecular weight is 236 g/mol. The summed E-state index contributed by atoms with van der Waals surface area (Å²) in [4.78, 5) is 18.6. The second kappa shape index (κ2) is 3.49. The second-order valence-electron chi connectivity index (χ2n) is 4.02. The largest absolute Gasteiger partial charge is 0.329 e. The average Bonchev–Trinajstić information content (AvgIpc) is 3.01. The van der Waals surface area contributed by atoms with Crippen molar-refractivity contribution in [3.63, 3.8) is 0 Å². The van der Waals surface area contributed by atoms with Crippen LogP contribution >= 0.6 is 11.6 Å². The van der Waals surface area contributed by atoms with E-state index in [4.69, 9.17) is 11.6 Å². The molecule has 82 valence electrons. The molecule has 0 bridgehead atoms. The lowest BCUT2D eigenvalue weighted by Gasteiger charge is -2.03. The fraction of sp³-hybridized carbons (Fsp3) is 0.273. The van der Waals surface area contributed by atoms with Crippen LogP contribution in [-0.4, -0.2) is 15.9 Å². The number of carbonyl (C=O) groups is 1. The first-order chi connectivity index (χ1) is 7.72. The van der Waals surface area contributed by atoms with Gasteiger partial charge in [0.15, 0.2) is 0 Å². The topological polar surface area (TPSA) is 57.8 Å². The zero-order valence-corrected chi connectivity index (χ0v) is 9.21. The van der Waals surface area contributed by atoms with Crippen LogP contribution in [0.4, 0.5) is 5.69 Å². The number of hydrogen-bond acceptors (Lipinski definition) is 2. The molecular formula is C11H10ClN3O. The van der Waals surface area contributed by atoms with Crippen LogP contribution in [0.15, 0.2) is 18.2 Å². The van der Waals surface area contributed by atoms with Crippen LogP contribution in [0.5, 0.6) is 0 Å². The first-order valence-electron chi connectivity index (χ1n) is 5.18. The van der Waals surface area contributed by atoms with Gasteiger partial charge in [-0.05, 0) is 42.6 Å². The molecule has 1 aliphatic carbocycles. The van der Waals surface area contributed by atoms with E-state index >= 15 is 0 Å². The van der Waals surface area contributed by atoms with Gasteiger partial charge < -0.3 is 10.3 Å². The number of aromatic amines is 1. The Balaban J connectivity index is 1.88. The molecule has 0 aliphatic heterocycles. The van der Waals surface area contributed by atoms with E-state index in [1.54, 1.807) is 0 Å². The van der Waals surface area contributed by atoms with Crippen LogP contribution in [0.1, 0.15) is 12.8 Å². The van der Waals surface area contributed by atoms with Crippen LogP contribution in [0, 0.1) is 5.92 Å². The lowest BCUT2D eigenvalue weighted by molar-refractivity contribution is -0.117. The molecule has 1 aliphatic rings. The van der Waals surface area contributed by atoms with E-state index in [0.717, 1.165) is 29.6 Å². The molecule has 0 radical (unpaired) electrons. The van der Waals surface area contributed by atoms with Gasteiger partial charge >= 0.3 is 0 Å². The first kappa shape index (κ1) is 9.66. The van der Waals surface area contributed by atoms with E-state index in [1.807, 2.05) is 18.2 Å². The number of nitrogens with one attached hydrogen (secondary N) is 2. The van der Waals surface area contributed by atoms with Gasteiger partial charge in [-0.3, -0.25) is 4.79 Å². The number of nitrogens with zero attached hydrogens (tertiary/aromatic N) is 1. The predicted molar refractivity (Wildman–Crippen MR) is 62.5 cm³/mol. The molecule has 5 heteroatoms. The first-order valence-corrected chi connectivity index (χ1v) is 5.56. The van der Waals surface area contributed by atoms with Crippen LogP contribution in [0.2, 0.25) is 5.28 Å². The Morgan fingerprint density at radius 1 is 1.50 bits per heavy atom. The van der Waals surface area contributed by atoms with Crippen molar-refractivity contribution in [3.8, 4) is 0 Å². The minimum absolute atomic E-state index is 0.102. The summed E-state index contributed by atoms with van der Waals surface area (Å²) in [5.41, 5.74) is 2.41. The maximum atomic E-state index is 11.6. The van der Waals surface area contributed by atoms with Gasteiger partial charge in [-0.15, -0.1) is 0 Å². The van der Waals surface area contributed by atoms with Crippen molar-refractivity contribution in [1.29, 1.82) is 0 Å². The monoisotopic (exact) mass is 235 g/mol. The molecular weight excluding hydrogens is 226 g/mol. The van der Waals surface area contributed by atoms with Crippen molar-refractivity contribution in [1.82, 2.24) is 9.97 Å². The molecule has 16 heavy (non-hydrogen) atoms. The highest BCUT2D eigenvalue weighted by Gasteiger charge is 2.29. The van der Waals surface area contributed by atoms with Crippen molar-refractivity contribution in [3.05, 3.63) is 23.5 Å². The highest BCUT2D eigenvalue weighted by atomic mass is 35.5. The molecule has 1 aromatic carbocycles. The molecule has 4 nitrogen and oxygen atoms in total. The smallest absolute Gasteiger partial charge is 0.227 e. The third kappa shape index (κ3) is 1.76. The van der Waals surface area contributed by atoms with Gasteiger partial charge in [0.05, 0.1) is 11.0 Å². The summed E-state index contributed by atoms with van der Waals surface area (Å²) >= 11 is 5.75. The van der Waals surface area contributed by atoms with Crippen molar-refractivity contribution >= 4 is 34.2 Å². The number of H-pyrrole nitrogens is 1. The normalized spacial score (nSPS) is 15.3. The van der Waals surface area contributed by atoms with E-state index in [0.29, 0.717) is 5.28 Å². The number of benzene rings is 1. The Morgan fingerprint density at radius 2 is 2.31 bits per heavy atom. The number of carbonyl (C=O) groups excluding carboxylic acids is 1. The Labute approximate surface area is 97.0 Å². The molecule has 0 unspecified atom stereocenters. The number of anilines is 1. The highest BCUT2D eigenvalue weighted by molar-refractivity contribution is 6.29. The highest BCUT2D eigenvalue weighted by Crippen LogP contribution is 2.30. The second-order valence-corrected chi connectivity index (χ2v) is 4.38. The Hall–Kier alpha value is -1.55. The van der Waals surface area contributed by atoms with E-state index in [9.17, 15) is 4.79 Å². The Kier molecular flexibility index (Phi) is 2.11. The van der Waals surface area contributed by atoms with Crippen LogP contribution in [0.3, 0.4) is 0 Å². The zero-order valence-electron chi connectivity index (χ0n) is 8.46. The number of hydrogen-bond donors (Lipinski definition) is 2. The third-order valence-electron chi connectivity index (χ3n) is 2.67. The van der Waals surface area contributed by atoms with E-state index < -0.39 is 0 Å². The summed E-state index contributed by atoms with van der Waals surface area (Å²) in [6.07, 6.45) is 2.01. The Bertz CT molecular complexity index is 559. The van der Waals surface area contributed by atoms with Crippen molar-refractivity contribution in [2.24, 2.45) is 5.92 Å². The van der Waals surface area contributed by atoms with Gasteiger partial charge in [-0.25, -0.2) is 4.98 Å². The molecule has 1 amide bonds. The van der Waals surface area contributed by atoms with Gasteiger partial charge in [-0.2, -0.15) is 0 Å². The number of rotatable bonds is 2. The van der Waals surface area contributed by atoms with Crippen LogP contribution in [-0.2, 0) is 4.79 Å². The summed E-state index contributed by atoms with van der Waals surface area (Å²) < 4.78 is 0. The molecule has 0 saturated heterocycles. The number of fused-ring (bicyclic) bond motifs is 1. The van der Waals surface area contributed by atoms with Gasteiger partial charge in [0.1, 0.15) is 0 Å². The summed E-state index contributed by atoms with van der Waals surface area (Å²) in [5.74, 6) is 0.311. The van der Waals surface area contributed by atoms with Crippen molar-refractivity contribution in [2.45, 2.75) is 12.8 Å². The maximum Gasteiger partial charge on any atom is 0.227 e. The lowest BCUT2D eigenvalue weighted by Crippen LogP contribution is -2.12. The Morgan fingerprint density at radius 3 is 3.06 bits per heavy atom. The zero-order chi connectivity index (χ0) is 11.1. The fourth-order valence-electron chi connectivity index (χ4n) is 1.65. The SMILES string of the molecule is O=C(Nc1ccc2nc(Cl)[nH]c2c1)C1CC1. The minimum atomic E-state index is 0.102.